The topological polar surface area (TPSA) is 81.2 Å². The molecular weight excluding hydrogens is 292 g/mol. The molecule has 1 aromatic heterocycles. The number of piperidine rings is 1. The Labute approximate surface area is 129 Å². The normalized spacial score (nSPS) is 19.7. The summed E-state index contributed by atoms with van der Waals surface area (Å²) in [5.74, 6) is 1.41. The van der Waals surface area contributed by atoms with Gasteiger partial charge in [-0.25, -0.2) is 4.98 Å². The summed E-state index contributed by atoms with van der Waals surface area (Å²) in [4.78, 5) is 20.6. The number of nitrogens with zero attached hydrogens (tertiary/aromatic N) is 2. The maximum absolute atomic E-state index is 11.5. The lowest BCUT2D eigenvalue weighted by Gasteiger charge is -2.31. The molecule has 21 heavy (non-hydrogen) atoms. The van der Waals surface area contributed by atoms with Gasteiger partial charge in [-0.2, -0.15) is 0 Å². The lowest BCUT2D eigenvalue weighted by Crippen LogP contribution is -2.37. The molecule has 0 saturated carbocycles. The lowest BCUT2D eigenvalue weighted by atomic mass is 9.99. The second-order valence-corrected chi connectivity index (χ2v) is 5.96. The van der Waals surface area contributed by atoms with Crippen molar-refractivity contribution in [3.8, 4) is 0 Å². The third kappa shape index (κ3) is 4.69. The molecule has 1 aromatic rings. The number of nitrogens with one attached hydrogen (secondary N) is 2. The van der Waals surface area contributed by atoms with Crippen LogP contribution in [-0.4, -0.2) is 52.8 Å². The second kappa shape index (κ2) is 7.77. The number of halogens is 1. The molecule has 3 N–H and O–H groups in total. The van der Waals surface area contributed by atoms with Crippen molar-refractivity contribution in [1.82, 2.24) is 14.9 Å². The molecule has 0 aromatic carbocycles. The molecule has 2 rings (SSSR count). The van der Waals surface area contributed by atoms with Gasteiger partial charge in [0, 0.05) is 19.7 Å². The largest absolute Gasteiger partial charge is 0.396 e. The van der Waals surface area contributed by atoms with Crippen LogP contribution in [-0.2, 0) is 0 Å². The Hall–Kier alpha value is -1.11. The van der Waals surface area contributed by atoms with Gasteiger partial charge in [-0.05, 0) is 45.2 Å². The fourth-order valence-electron chi connectivity index (χ4n) is 2.70. The smallest absolute Gasteiger partial charge is 0.271 e. The zero-order chi connectivity index (χ0) is 15.2. The Morgan fingerprint density at radius 1 is 1.57 bits per heavy atom. The fraction of sp³-hybridized carbons (Fsp3) is 0.714. The van der Waals surface area contributed by atoms with Crippen molar-refractivity contribution in [2.75, 3.05) is 38.1 Å². The summed E-state index contributed by atoms with van der Waals surface area (Å²) in [5, 5.41) is 12.4. The number of hydrogen-bond donors (Lipinski definition) is 3. The molecule has 0 spiro atoms. The van der Waals surface area contributed by atoms with Crippen molar-refractivity contribution in [1.29, 1.82) is 0 Å². The SMILES string of the molecule is Cc1nc(NCCCN2CCCC(CO)C2)c(Cl)c(=O)[nH]1. The van der Waals surface area contributed by atoms with Crippen LogP contribution in [0.25, 0.3) is 0 Å². The standard InChI is InChI=1S/C14H23ClN4O2/c1-10-17-13(12(15)14(21)18-10)16-5-3-7-19-6-2-4-11(8-19)9-20/h11,20H,2-9H2,1H3,(H2,16,17,18,21). The highest BCUT2D eigenvalue weighted by Crippen LogP contribution is 2.16. The first-order chi connectivity index (χ1) is 10.1. The van der Waals surface area contributed by atoms with Crippen molar-refractivity contribution < 1.29 is 5.11 Å². The average molecular weight is 315 g/mol. The highest BCUT2D eigenvalue weighted by atomic mass is 35.5. The van der Waals surface area contributed by atoms with Crippen LogP contribution in [0.2, 0.25) is 5.02 Å². The van der Waals surface area contributed by atoms with Crippen LogP contribution < -0.4 is 10.9 Å². The Morgan fingerprint density at radius 3 is 3.14 bits per heavy atom. The number of hydrogen-bond acceptors (Lipinski definition) is 5. The summed E-state index contributed by atoms with van der Waals surface area (Å²) in [6.45, 7) is 5.77. The van der Waals surface area contributed by atoms with E-state index >= 15 is 0 Å². The molecule has 1 aliphatic rings. The van der Waals surface area contributed by atoms with Crippen molar-refractivity contribution in [3.05, 3.63) is 21.2 Å². The third-order valence-corrected chi connectivity index (χ3v) is 4.14. The lowest BCUT2D eigenvalue weighted by molar-refractivity contribution is 0.120. The van der Waals surface area contributed by atoms with Gasteiger partial charge in [-0.15, -0.1) is 0 Å². The van der Waals surface area contributed by atoms with E-state index in [4.69, 9.17) is 11.6 Å². The van der Waals surface area contributed by atoms with Crippen molar-refractivity contribution in [2.45, 2.75) is 26.2 Å². The first-order valence-electron chi connectivity index (χ1n) is 7.43. The van der Waals surface area contributed by atoms with Gasteiger partial charge in [0.2, 0.25) is 0 Å². The maximum Gasteiger partial charge on any atom is 0.271 e. The fourth-order valence-corrected chi connectivity index (χ4v) is 2.86. The average Bonchev–Trinajstić information content (AvgIpc) is 2.48. The molecule has 0 bridgehead atoms. The third-order valence-electron chi connectivity index (χ3n) is 3.79. The molecule has 0 aliphatic carbocycles. The predicted molar refractivity (Wildman–Crippen MR) is 84.0 cm³/mol. The zero-order valence-corrected chi connectivity index (χ0v) is 13.1. The van der Waals surface area contributed by atoms with Crippen LogP contribution in [0.3, 0.4) is 0 Å². The Balaban J connectivity index is 1.76. The number of aliphatic hydroxyl groups excluding tert-OH is 1. The molecule has 7 heteroatoms. The molecule has 1 atom stereocenters. The summed E-state index contributed by atoms with van der Waals surface area (Å²) in [6, 6.07) is 0. The molecule has 6 nitrogen and oxygen atoms in total. The summed E-state index contributed by atoms with van der Waals surface area (Å²) < 4.78 is 0. The number of anilines is 1. The number of aromatic nitrogens is 2. The van der Waals surface area contributed by atoms with Crippen molar-refractivity contribution >= 4 is 17.4 Å². The Kier molecular flexibility index (Phi) is 6.02. The number of H-pyrrole nitrogens is 1. The van der Waals surface area contributed by atoms with Gasteiger partial charge >= 0.3 is 0 Å². The summed E-state index contributed by atoms with van der Waals surface area (Å²) >= 11 is 5.92. The van der Waals surface area contributed by atoms with E-state index in [1.54, 1.807) is 6.92 Å². The van der Waals surface area contributed by atoms with E-state index in [2.05, 4.69) is 20.2 Å². The molecule has 1 saturated heterocycles. The van der Waals surface area contributed by atoms with E-state index in [1.165, 1.54) is 0 Å². The minimum atomic E-state index is -0.312. The van der Waals surface area contributed by atoms with Crippen LogP contribution in [0.15, 0.2) is 4.79 Å². The number of aromatic amines is 1. The zero-order valence-electron chi connectivity index (χ0n) is 12.4. The van der Waals surface area contributed by atoms with Gasteiger partial charge < -0.3 is 20.3 Å². The quantitative estimate of drug-likeness (QED) is 0.688. The minimum absolute atomic E-state index is 0.110. The van der Waals surface area contributed by atoms with E-state index in [-0.39, 0.29) is 17.2 Å². The predicted octanol–water partition coefficient (Wildman–Crippen LogP) is 1.24. The van der Waals surface area contributed by atoms with Gasteiger partial charge in [-0.3, -0.25) is 4.79 Å². The van der Waals surface area contributed by atoms with Crippen LogP contribution in [0, 0.1) is 12.8 Å². The monoisotopic (exact) mass is 314 g/mol. The minimum Gasteiger partial charge on any atom is -0.396 e. The summed E-state index contributed by atoms with van der Waals surface area (Å²) in [5.41, 5.74) is -0.312. The Morgan fingerprint density at radius 2 is 2.38 bits per heavy atom. The van der Waals surface area contributed by atoms with Gasteiger partial charge in [0.1, 0.15) is 10.8 Å². The number of aryl methyl sites for hydroxylation is 1. The number of rotatable bonds is 6. The van der Waals surface area contributed by atoms with E-state index in [0.717, 1.165) is 45.4 Å². The molecule has 1 unspecified atom stereocenters. The van der Waals surface area contributed by atoms with E-state index < -0.39 is 0 Å². The molecule has 2 heterocycles. The molecule has 1 aliphatic heterocycles. The van der Waals surface area contributed by atoms with E-state index in [1.807, 2.05) is 0 Å². The van der Waals surface area contributed by atoms with Crippen LogP contribution in [0.1, 0.15) is 25.1 Å². The molecule has 0 amide bonds. The van der Waals surface area contributed by atoms with Crippen LogP contribution in [0.5, 0.6) is 0 Å². The van der Waals surface area contributed by atoms with Crippen molar-refractivity contribution in [2.24, 2.45) is 5.92 Å². The van der Waals surface area contributed by atoms with E-state index in [0.29, 0.717) is 17.6 Å². The number of aliphatic hydroxyl groups is 1. The highest BCUT2D eigenvalue weighted by molar-refractivity contribution is 6.32. The first kappa shape index (κ1) is 16.3. The molecule has 1 fully saturated rings. The highest BCUT2D eigenvalue weighted by Gasteiger charge is 2.18. The molecule has 0 radical (unpaired) electrons. The van der Waals surface area contributed by atoms with Crippen LogP contribution >= 0.6 is 11.6 Å². The molecule has 118 valence electrons. The van der Waals surface area contributed by atoms with Gasteiger partial charge in [0.25, 0.3) is 5.56 Å². The first-order valence-corrected chi connectivity index (χ1v) is 7.81. The van der Waals surface area contributed by atoms with Gasteiger partial charge in [0.05, 0.1) is 0 Å². The van der Waals surface area contributed by atoms with Gasteiger partial charge in [-0.1, -0.05) is 11.6 Å². The number of likely N-dealkylation sites (tertiary alicyclic amines) is 1. The maximum atomic E-state index is 11.5. The Bertz CT molecular complexity index is 520. The summed E-state index contributed by atoms with van der Waals surface area (Å²) in [7, 11) is 0. The summed E-state index contributed by atoms with van der Waals surface area (Å²) in [6.07, 6.45) is 3.22. The van der Waals surface area contributed by atoms with E-state index in [9.17, 15) is 9.90 Å². The van der Waals surface area contributed by atoms with Gasteiger partial charge in [0.15, 0.2) is 5.82 Å². The van der Waals surface area contributed by atoms with Crippen molar-refractivity contribution in [3.63, 3.8) is 0 Å². The second-order valence-electron chi connectivity index (χ2n) is 5.59. The van der Waals surface area contributed by atoms with Crippen LogP contribution in [0.4, 0.5) is 5.82 Å². The molecular formula is C14H23ClN4O2.